The average molecular weight is 552 g/mol. The van der Waals surface area contributed by atoms with E-state index in [1.807, 2.05) is 68.6 Å². The minimum Gasteiger partial charge on any atom is -0.351 e. The standard InChI is InChI=1S/C27H26ClN5O2S2/c1-17-15-19(9-11-21(17)28)32-14-6-8-24(32)26-25(23-7-4-5-13-29-23)30-27(36)33(26)20-10-12-22(18(2)16-20)31-37(3,34)35/h4-16,25-26,31H,1-3H3,(H,30,36)/t25-,26+/m0/s1. The molecule has 4 aromatic rings. The third-order valence-electron chi connectivity index (χ3n) is 6.38. The van der Waals surface area contributed by atoms with Crippen LogP contribution in [0.1, 0.15) is 34.6 Å². The second-order valence-electron chi connectivity index (χ2n) is 9.11. The summed E-state index contributed by atoms with van der Waals surface area (Å²) in [6.07, 6.45) is 4.94. The van der Waals surface area contributed by atoms with Crippen molar-refractivity contribution in [2.75, 3.05) is 15.9 Å². The second-order valence-corrected chi connectivity index (χ2v) is 11.6. The van der Waals surface area contributed by atoms with Gasteiger partial charge in [-0.25, -0.2) is 8.42 Å². The fourth-order valence-electron chi connectivity index (χ4n) is 4.69. The van der Waals surface area contributed by atoms with E-state index < -0.39 is 10.0 Å². The minimum atomic E-state index is -3.40. The van der Waals surface area contributed by atoms with Crippen molar-refractivity contribution < 1.29 is 8.42 Å². The van der Waals surface area contributed by atoms with Gasteiger partial charge in [-0.3, -0.25) is 9.71 Å². The van der Waals surface area contributed by atoms with Crippen molar-refractivity contribution >= 4 is 50.3 Å². The Labute approximate surface area is 227 Å². The number of rotatable bonds is 6. The van der Waals surface area contributed by atoms with Crippen LogP contribution in [-0.2, 0) is 10.0 Å². The van der Waals surface area contributed by atoms with Crippen LogP contribution in [0.4, 0.5) is 11.4 Å². The highest BCUT2D eigenvalue weighted by Crippen LogP contribution is 2.43. The number of anilines is 2. The van der Waals surface area contributed by atoms with E-state index in [1.54, 1.807) is 12.3 Å². The van der Waals surface area contributed by atoms with Gasteiger partial charge < -0.3 is 14.8 Å². The first-order valence-corrected chi connectivity index (χ1v) is 14.3. The van der Waals surface area contributed by atoms with E-state index in [4.69, 9.17) is 23.8 Å². The Hall–Kier alpha value is -3.40. The Balaban J connectivity index is 1.64. The first-order chi connectivity index (χ1) is 17.6. The fourth-order valence-corrected chi connectivity index (χ4v) is 5.79. The lowest BCUT2D eigenvalue weighted by Crippen LogP contribution is -2.30. The number of pyridine rings is 1. The predicted molar refractivity (Wildman–Crippen MR) is 153 cm³/mol. The van der Waals surface area contributed by atoms with Gasteiger partial charge in [0.1, 0.15) is 6.04 Å². The Kier molecular flexibility index (Phi) is 6.70. The lowest BCUT2D eigenvalue weighted by molar-refractivity contribution is 0.549. The van der Waals surface area contributed by atoms with Crippen molar-refractivity contribution in [3.05, 3.63) is 107 Å². The average Bonchev–Trinajstić information content (AvgIpc) is 3.46. The van der Waals surface area contributed by atoms with Crippen molar-refractivity contribution in [2.24, 2.45) is 0 Å². The summed E-state index contributed by atoms with van der Waals surface area (Å²) in [5.41, 5.74) is 6.02. The monoisotopic (exact) mass is 551 g/mol. The van der Waals surface area contributed by atoms with Gasteiger partial charge >= 0.3 is 0 Å². The molecule has 190 valence electrons. The molecule has 2 aromatic carbocycles. The number of sulfonamides is 1. The topological polar surface area (TPSA) is 79.3 Å². The molecule has 0 amide bonds. The molecule has 3 heterocycles. The van der Waals surface area contributed by atoms with Crippen LogP contribution >= 0.6 is 23.8 Å². The number of thiocarbonyl (C=S) groups is 1. The largest absolute Gasteiger partial charge is 0.351 e. The molecule has 1 aliphatic rings. The number of aryl methyl sites for hydroxylation is 2. The summed E-state index contributed by atoms with van der Waals surface area (Å²) in [5, 5.41) is 4.75. The van der Waals surface area contributed by atoms with Crippen LogP contribution in [-0.4, -0.2) is 29.3 Å². The van der Waals surface area contributed by atoms with Crippen LogP contribution in [0.25, 0.3) is 5.69 Å². The lowest BCUT2D eigenvalue weighted by atomic mass is 10.00. The number of nitrogens with zero attached hydrogens (tertiary/aromatic N) is 3. The van der Waals surface area contributed by atoms with Gasteiger partial charge in [-0.05, 0) is 97.9 Å². The zero-order valence-electron chi connectivity index (χ0n) is 20.5. The smallest absolute Gasteiger partial charge is 0.229 e. The number of aromatic nitrogens is 2. The van der Waals surface area contributed by atoms with E-state index >= 15 is 0 Å². The minimum absolute atomic E-state index is 0.218. The maximum absolute atomic E-state index is 11.8. The molecule has 1 saturated heterocycles. The number of nitrogens with one attached hydrogen (secondary N) is 2. The number of halogens is 1. The molecule has 1 aliphatic heterocycles. The molecule has 2 aromatic heterocycles. The molecule has 0 unspecified atom stereocenters. The molecule has 1 fully saturated rings. The van der Waals surface area contributed by atoms with Gasteiger partial charge in [-0.1, -0.05) is 17.7 Å². The molecule has 0 aliphatic carbocycles. The summed E-state index contributed by atoms with van der Waals surface area (Å²) in [5.74, 6) is 0. The fraction of sp³-hybridized carbons (Fsp3) is 0.185. The van der Waals surface area contributed by atoms with Crippen LogP contribution in [0.15, 0.2) is 79.1 Å². The SMILES string of the molecule is Cc1cc(-n2cccc2[C@@H]2[C@H](c3ccccn3)NC(=S)N2c2ccc(NS(C)(=O)=O)c(C)c2)ccc1Cl. The van der Waals surface area contributed by atoms with Gasteiger partial charge in [0.05, 0.1) is 23.7 Å². The summed E-state index contributed by atoms with van der Waals surface area (Å²) in [6, 6.07) is 21.0. The molecule has 7 nitrogen and oxygen atoms in total. The molecule has 0 spiro atoms. The third kappa shape index (κ3) is 5.07. The molecule has 2 N–H and O–H groups in total. The highest BCUT2D eigenvalue weighted by molar-refractivity contribution is 7.92. The zero-order valence-corrected chi connectivity index (χ0v) is 22.9. The summed E-state index contributed by atoms with van der Waals surface area (Å²) >= 11 is 12.2. The lowest BCUT2D eigenvalue weighted by Gasteiger charge is -2.29. The predicted octanol–water partition coefficient (Wildman–Crippen LogP) is 5.69. The Morgan fingerprint density at radius 1 is 1.00 bits per heavy atom. The summed E-state index contributed by atoms with van der Waals surface area (Å²) in [4.78, 5) is 6.70. The van der Waals surface area contributed by atoms with E-state index in [2.05, 4.69) is 36.6 Å². The summed E-state index contributed by atoms with van der Waals surface area (Å²) in [7, 11) is -3.40. The summed E-state index contributed by atoms with van der Waals surface area (Å²) < 4.78 is 28.3. The van der Waals surface area contributed by atoms with E-state index in [1.165, 1.54) is 0 Å². The molecular weight excluding hydrogens is 526 g/mol. The van der Waals surface area contributed by atoms with Gasteiger partial charge in [-0.2, -0.15) is 0 Å². The zero-order chi connectivity index (χ0) is 26.3. The van der Waals surface area contributed by atoms with Crippen molar-refractivity contribution in [1.82, 2.24) is 14.9 Å². The van der Waals surface area contributed by atoms with Crippen molar-refractivity contribution in [2.45, 2.75) is 25.9 Å². The first-order valence-electron chi connectivity index (χ1n) is 11.7. The normalized spacial score (nSPS) is 17.6. The highest BCUT2D eigenvalue weighted by atomic mass is 35.5. The van der Waals surface area contributed by atoms with Crippen LogP contribution in [0, 0.1) is 13.8 Å². The van der Waals surface area contributed by atoms with Gasteiger partial charge in [-0.15, -0.1) is 0 Å². The van der Waals surface area contributed by atoms with E-state index in [9.17, 15) is 8.42 Å². The number of benzene rings is 2. The van der Waals surface area contributed by atoms with Crippen LogP contribution in [0.3, 0.4) is 0 Å². The quantitative estimate of drug-likeness (QED) is 0.300. The van der Waals surface area contributed by atoms with E-state index in [0.717, 1.165) is 40.1 Å². The highest BCUT2D eigenvalue weighted by Gasteiger charge is 2.42. The molecule has 0 saturated carbocycles. The maximum Gasteiger partial charge on any atom is 0.229 e. The van der Waals surface area contributed by atoms with E-state index in [0.29, 0.717) is 15.8 Å². The molecular formula is C27H26ClN5O2S2. The molecule has 2 atom stereocenters. The van der Waals surface area contributed by atoms with Crippen LogP contribution < -0.4 is 14.9 Å². The molecule has 5 rings (SSSR count). The van der Waals surface area contributed by atoms with Gasteiger partial charge in [0.25, 0.3) is 0 Å². The number of hydrogen-bond donors (Lipinski definition) is 2. The van der Waals surface area contributed by atoms with Gasteiger partial charge in [0, 0.05) is 34.5 Å². The molecule has 0 radical (unpaired) electrons. The van der Waals surface area contributed by atoms with Gasteiger partial charge in [0.15, 0.2) is 5.11 Å². The first kappa shape index (κ1) is 25.3. The molecule has 37 heavy (non-hydrogen) atoms. The van der Waals surface area contributed by atoms with Crippen LogP contribution in [0.2, 0.25) is 5.02 Å². The Morgan fingerprint density at radius 2 is 1.76 bits per heavy atom. The third-order valence-corrected chi connectivity index (χ3v) is 7.71. The van der Waals surface area contributed by atoms with Crippen molar-refractivity contribution in [1.29, 1.82) is 0 Å². The molecule has 10 heteroatoms. The maximum atomic E-state index is 11.8. The van der Waals surface area contributed by atoms with Crippen LogP contribution in [0.5, 0.6) is 0 Å². The van der Waals surface area contributed by atoms with Gasteiger partial charge in [0.2, 0.25) is 10.0 Å². The van der Waals surface area contributed by atoms with Crippen molar-refractivity contribution in [3.63, 3.8) is 0 Å². The number of hydrogen-bond acceptors (Lipinski definition) is 4. The summed E-state index contributed by atoms with van der Waals surface area (Å²) in [6.45, 7) is 3.85. The second kappa shape index (κ2) is 9.81. The van der Waals surface area contributed by atoms with E-state index in [-0.39, 0.29) is 12.1 Å². The Morgan fingerprint density at radius 3 is 2.43 bits per heavy atom. The Bertz CT molecular complexity index is 1590. The molecule has 0 bridgehead atoms. The van der Waals surface area contributed by atoms with Crippen molar-refractivity contribution in [3.8, 4) is 5.69 Å².